The molecule has 1 atom stereocenters. The van der Waals surface area contributed by atoms with E-state index in [1.807, 2.05) is 42.5 Å². The van der Waals surface area contributed by atoms with Crippen LogP contribution in [-0.2, 0) is 14.3 Å². The van der Waals surface area contributed by atoms with E-state index in [1.54, 1.807) is 31.0 Å². The lowest BCUT2D eigenvalue weighted by atomic mass is 10.0. The summed E-state index contributed by atoms with van der Waals surface area (Å²) in [4.78, 5) is 41.3. The SMILES string of the molecule is CCNC(=O)NC(=O)C(c1ccccc1)N(C)CC(=O)Nc1ccc(N2CCOCC2)cc1. The summed E-state index contributed by atoms with van der Waals surface area (Å²) in [5.74, 6) is -0.763. The van der Waals surface area contributed by atoms with Crippen LogP contribution in [-0.4, -0.2) is 69.2 Å². The van der Waals surface area contributed by atoms with Crippen molar-refractivity contribution in [3.05, 3.63) is 60.2 Å². The summed E-state index contributed by atoms with van der Waals surface area (Å²) in [6.45, 7) is 5.24. The molecule has 33 heavy (non-hydrogen) atoms. The zero-order valence-corrected chi connectivity index (χ0v) is 19.0. The largest absolute Gasteiger partial charge is 0.378 e. The molecule has 2 aromatic rings. The number of carbonyl (C=O) groups excluding carboxylic acids is 3. The van der Waals surface area contributed by atoms with Crippen LogP contribution in [0.2, 0.25) is 0 Å². The Balaban J connectivity index is 1.63. The summed E-state index contributed by atoms with van der Waals surface area (Å²) in [5.41, 5.74) is 2.44. The first kappa shape index (κ1) is 24.2. The highest BCUT2D eigenvalue weighted by Gasteiger charge is 2.27. The predicted octanol–water partition coefficient (Wildman–Crippen LogP) is 1.98. The van der Waals surface area contributed by atoms with Crippen LogP contribution < -0.4 is 20.9 Å². The molecule has 1 heterocycles. The average molecular weight is 454 g/mol. The molecule has 9 heteroatoms. The van der Waals surface area contributed by atoms with E-state index >= 15 is 0 Å². The molecule has 0 radical (unpaired) electrons. The van der Waals surface area contributed by atoms with Crippen LogP contribution in [0.5, 0.6) is 0 Å². The Morgan fingerprint density at radius 1 is 1.03 bits per heavy atom. The van der Waals surface area contributed by atoms with E-state index in [-0.39, 0.29) is 12.5 Å². The van der Waals surface area contributed by atoms with Crippen LogP contribution in [0, 0.1) is 0 Å². The lowest BCUT2D eigenvalue weighted by Crippen LogP contribution is -2.46. The Bertz CT molecular complexity index is 930. The fraction of sp³-hybridized carbons (Fsp3) is 0.375. The average Bonchev–Trinajstić information content (AvgIpc) is 2.81. The molecule has 9 nitrogen and oxygen atoms in total. The minimum absolute atomic E-state index is 0.0341. The third-order valence-corrected chi connectivity index (χ3v) is 5.30. The molecule has 1 fully saturated rings. The zero-order chi connectivity index (χ0) is 23.6. The van der Waals surface area contributed by atoms with E-state index in [0.717, 1.165) is 18.8 Å². The molecule has 0 bridgehead atoms. The molecule has 176 valence electrons. The van der Waals surface area contributed by atoms with Gasteiger partial charge in [-0.25, -0.2) is 4.79 Å². The molecule has 0 spiro atoms. The molecule has 4 amide bonds. The molecule has 1 saturated heterocycles. The summed E-state index contributed by atoms with van der Waals surface area (Å²) in [7, 11) is 1.68. The van der Waals surface area contributed by atoms with Crippen LogP contribution in [0.4, 0.5) is 16.2 Å². The molecular weight excluding hydrogens is 422 g/mol. The molecule has 2 aromatic carbocycles. The smallest absolute Gasteiger partial charge is 0.321 e. The van der Waals surface area contributed by atoms with Crippen molar-refractivity contribution < 1.29 is 19.1 Å². The van der Waals surface area contributed by atoms with Crippen LogP contribution >= 0.6 is 0 Å². The minimum Gasteiger partial charge on any atom is -0.378 e. The van der Waals surface area contributed by atoms with Crippen LogP contribution in [0.25, 0.3) is 0 Å². The Labute approximate surface area is 194 Å². The highest BCUT2D eigenvalue weighted by Crippen LogP contribution is 2.21. The number of morpholine rings is 1. The number of anilines is 2. The van der Waals surface area contributed by atoms with E-state index in [9.17, 15) is 14.4 Å². The van der Waals surface area contributed by atoms with Crippen molar-refractivity contribution in [2.45, 2.75) is 13.0 Å². The van der Waals surface area contributed by atoms with Crippen LogP contribution in [0.15, 0.2) is 54.6 Å². The predicted molar refractivity (Wildman–Crippen MR) is 127 cm³/mol. The van der Waals surface area contributed by atoms with Gasteiger partial charge in [-0.15, -0.1) is 0 Å². The van der Waals surface area contributed by atoms with Crippen LogP contribution in [0.3, 0.4) is 0 Å². The first-order chi connectivity index (χ1) is 16.0. The monoisotopic (exact) mass is 453 g/mol. The van der Waals surface area contributed by atoms with Gasteiger partial charge in [-0.2, -0.15) is 0 Å². The van der Waals surface area contributed by atoms with Gasteiger partial charge >= 0.3 is 6.03 Å². The van der Waals surface area contributed by atoms with Gasteiger partial charge in [-0.1, -0.05) is 30.3 Å². The highest BCUT2D eigenvalue weighted by atomic mass is 16.5. The van der Waals surface area contributed by atoms with Crippen molar-refractivity contribution in [3.63, 3.8) is 0 Å². The lowest BCUT2D eigenvalue weighted by molar-refractivity contribution is -0.126. The molecule has 1 aliphatic rings. The molecule has 0 aromatic heterocycles. The fourth-order valence-corrected chi connectivity index (χ4v) is 3.72. The van der Waals surface area contributed by atoms with Gasteiger partial charge in [0.05, 0.1) is 19.8 Å². The van der Waals surface area contributed by atoms with Crippen molar-refractivity contribution in [2.75, 3.05) is 56.7 Å². The molecule has 1 aliphatic heterocycles. The summed E-state index contributed by atoms with van der Waals surface area (Å²) in [6.07, 6.45) is 0. The maximum atomic E-state index is 12.8. The second-order valence-corrected chi connectivity index (χ2v) is 7.77. The van der Waals surface area contributed by atoms with Gasteiger partial charge in [-0.05, 0) is 43.8 Å². The number of nitrogens with one attached hydrogen (secondary N) is 3. The van der Waals surface area contributed by atoms with Crippen molar-refractivity contribution in [2.24, 2.45) is 0 Å². The maximum Gasteiger partial charge on any atom is 0.321 e. The Morgan fingerprint density at radius 2 is 1.70 bits per heavy atom. The number of rotatable bonds is 8. The number of amides is 4. The number of likely N-dealkylation sites (N-methyl/N-ethyl adjacent to an activating group) is 1. The van der Waals surface area contributed by atoms with E-state index in [1.165, 1.54) is 0 Å². The van der Waals surface area contributed by atoms with E-state index in [4.69, 9.17) is 4.74 Å². The Kier molecular flexibility index (Phi) is 8.79. The number of ether oxygens (including phenoxy) is 1. The van der Waals surface area contributed by atoms with Crippen molar-refractivity contribution >= 4 is 29.2 Å². The zero-order valence-electron chi connectivity index (χ0n) is 19.0. The van der Waals surface area contributed by atoms with Gasteiger partial charge in [0.1, 0.15) is 6.04 Å². The quantitative estimate of drug-likeness (QED) is 0.565. The lowest BCUT2D eigenvalue weighted by Gasteiger charge is -2.29. The summed E-state index contributed by atoms with van der Waals surface area (Å²) >= 11 is 0. The molecular formula is C24H31N5O4. The second-order valence-electron chi connectivity index (χ2n) is 7.77. The van der Waals surface area contributed by atoms with Gasteiger partial charge < -0.3 is 20.3 Å². The molecule has 3 rings (SSSR count). The molecule has 1 unspecified atom stereocenters. The van der Waals surface area contributed by atoms with Crippen molar-refractivity contribution in [1.82, 2.24) is 15.5 Å². The molecule has 0 aliphatic carbocycles. The van der Waals surface area contributed by atoms with Gasteiger partial charge in [0.2, 0.25) is 11.8 Å². The number of carbonyl (C=O) groups is 3. The summed E-state index contributed by atoms with van der Waals surface area (Å²) < 4.78 is 5.38. The Morgan fingerprint density at radius 3 is 2.33 bits per heavy atom. The summed E-state index contributed by atoms with van der Waals surface area (Å²) in [6, 6.07) is 15.3. The standard InChI is InChI=1S/C24H31N5O4/c1-3-25-24(32)27-23(31)22(18-7-5-4-6-8-18)28(2)17-21(30)26-19-9-11-20(12-10-19)29-13-15-33-16-14-29/h4-12,22H,3,13-17H2,1-2H3,(H,26,30)(H2,25,27,31,32). The summed E-state index contributed by atoms with van der Waals surface area (Å²) in [5, 5.41) is 7.76. The minimum atomic E-state index is -0.803. The maximum absolute atomic E-state index is 12.8. The number of hydrogen-bond donors (Lipinski definition) is 3. The van der Waals surface area contributed by atoms with Gasteiger partial charge in [-0.3, -0.25) is 19.8 Å². The topological polar surface area (TPSA) is 103 Å². The van der Waals surface area contributed by atoms with E-state index in [0.29, 0.717) is 31.0 Å². The number of nitrogens with zero attached hydrogens (tertiary/aromatic N) is 2. The van der Waals surface area contributed by atoms with E-state index < -0.39 is 18.0 Å². The number of hydrogen-bond acceptors (Lipinski definition) is 6. The molecule has 0 saturated carbocycles. The first-order valence-corrected chi connectivity index (χ1v) is 11.0. The third kappa shape index (κ3) is 7.03. The van der Waals surface area contributed by atoms with Gasteiger partial charge in [0, 0.05) is 31.0 Å². The number of imide groups is 1. The van der Waals surface area contributed by atoms with Crippen LogP contribution in [0.1, 0.15) is 18.5 Å². The normalized spacial score (nSPS) is 14.5. The first-order valence-electron chi connectivity index (χ1n) is 11.0. The van der Waals surface area contributed by atoms with Gasteiger partial charge in [0.15, 0.2) is 0 Å². The number of urea groups is 1. The van der Waals surface area contributed by atoms with Crippen molar-refractivity contribution in [3.8, 4) is 0 Å². The number of benzene rings is 2. The second kappa shape index (κ2) is 12.0. The van der Waals surface area contributed by atoms with Gasteiger partial charge in [0.25, 0.3) is 0 Å². The molecule has 3 N–H and O–H groups in total. The van der Waals surface area contributed by atoms with Crippen molar-refractivity contribution in [1.29, 1.82) is 0 Å². The fourth-order valence-electron chi connectivity index (χ4n) is 3.72. The highest BCUT2D eigenvalue weighted by molar-refractivity contribution is 5.98. The Hall–Kier alpha value is -3.43. The third-order valence-electron chi connectivity index (χ3n) is 5.30. The van der Waals surface area contributed by atoms with E-state index in [2.05, 4.69) is 20.9 Å².